The van der Waals surface area contributed by atoms with Crippen LogP contribution in [0, 0.1) is 0 Å². The smallest absolute Gasteiger partial charge is 0.181 e. The molecule has 3 nitrogen and oxygen atoms in total. The van der Waals surface area contributed by atoms with Gasteiger partial charge in [0.15, 0.2) is 11.5 Å². The Morgan fingerprint density at radius 1 is 1.46 bits per heavy atom. The van der Waals surface area contributed by atoms with Crippen LogP contribution in [-0.2, 0) is 0 Å². The fourth-order valence-corrected chi connectivity index (χ4v) is 1.15. The Labute approximate surface area is 78.6 Å². The molecule has 72 valence electrons. The maximum absolute atomic E-state index is 9.72. The number of methoxy groups -OCH3 is 1. The molecule has 0 aliphatic carbocycles. The fourth-order valence-electron chi connectivity index (χ4n) is 1.15. The minimum atomic E-state index is 0.203. The quantitative estimate of drug-likeness (QED) is 0.772. The van der Waals surface area contributed by atoms with E-state index in [2.05, 4.69) is 0 Å². The second-order valence-electron chi connectivity index (χ2n) is 2.84. The Balaban J connectivity index is 3.08. The van der Waals surface area contributed by atoms with Crippen LogP contribution in [0.3, 0.4) is 0 Å². The van der Waals surface area contributed by atoms with Gasteiger partial charge >= 0.3 is 0 Å². The molecule has 0 heterocycles. The van der Waals surface area contributed by atoms with Crippen molar-refractivity contribution in [3.8, 4) is 11.5 Å². The summed E-state index contributed by atoms with van der Waals surface area (Å²) in [6.45, 7) is 2.87. The van der Waals surface area contributed by atoms with Crippen molar-refractivity contribution in [1.29, 1.82) is 0 Å². The van der Waals surface area contributed by atoms with E-state index < -0.39 is 0 Å². The third kappa shape index (κ3) is 1.86. The summed E-state index contributed by atoms with van der Waals surface area (Å²) in [5, 5.41) is 9.72. The first-order valence-corrected chi connectivity index (χ1v) is 4.27. The summed E-state index contributed by atoms with van der Waals surface area (Å²) >= 11 is 0. The molecule has 0 saturated heterocycles. The molecule has 0 unspecified atom stereocenters. The summed E-state index contributed by atoms with van der Waals surface area (Å²) in [4.78, 5) is 1.96. The number of hydrogen-bond acceptors (Lipinski definition) is 3. The van der Waals surface area contributed by atoms with Crippen LogP contribution in [0.4, 0.5) is 5.69 Å². The Hall–Kier alpha value is -1.38. The molecule has 0 amide bonds. The average Bonchev–Trinajstić information content (AvgIpc) is 2.17. The molecule has 3 heteroatoms. The lowest BCUT2D eigenvalue weighted by Gasteiger charge is -2.18. The van der Waals surface area contributed by atoms with E-state index >= 15 is 0 Å². The number of nitrogens with zero attached hydrogens (tertiary/aromatic N) is 1. The number of ether oxygens (including phenoxy) is 1. The number of para-hydroxylation sites is 1. The van der Waals surface area contributed by atoms with Crippen molar-refractivity contribution >= 4 is 5.69 Å². The van der Waals surface area contributed by atoms with E-state index in [4.69, 9.17) is 4.74 Å². The molecular formula is C10H15NO2. The van der Waals surface area contributed by atoms with Gasteiger partial charge in [-0.15, -0.1) is 0 Å². The maximum atomic E-state index is 9.72. The van der Waals surface area contributed by atoms with Gasteiger partial charge in [0.1, 0.15) is 0 Å². The molecule has 1 aromatic rings. The fraction of sp³-hybridized carbons (Fsp3) is 0.400. The summed E-state index contributed by atoms with van der Waals surface area (Å²) in [5.41, 5.74) is 0.793. The summed E-state index contributed by atoms with van der Waals surface area (Å²) in [6.07, 6.45) is 0. The highest BCUT2D eigenvalue weighted by Gasteiger charge is 2.09. The zero-order valence-corrected chi connectivity index (χ0v) is 8.24. The van der Waals surface area contributed by atoms with E-state index in [1.54, 1.807) is 13.2 Å². The third-order valence-electron chi connectivity index (χ3n) is 2.08. The van der Waals surface area contributed by atoms with Crippen molar-refractivity contribution in [2.45, 2.75) is 6.92 Å². The van der Waals surface area contributed by atoms with Gasteiger partial charge in [-0.3, -0.25) is 0 Å². The number of anilines is 1. The average molecular weight is 181 g/mol. The highest BCUT2D eigenvalue weighted by molar-refractivity contribution is 5.63. The number of phenols is 1. The molecule has 0 bridgehead atoms. The molecule has 0 aliphatic heterocycles. The van der Waals surface area contributed by atoms with Crippen molar-refractivity contribution in [2.24, 2.45) is 0 Å². The van der Waals surface area contributed by atoms with Crippen LogP contribution in [0.2, 0.25) is 0 Å². The zero-order valence-electron chi connectivity index (χ0n) is 8.24. The Morgan fingerprint density at radius 2 is 2.15 bits per heavy atom. The van der Waals surface area contributed by atoms with Gasteiger partial charge in [0.25, 0.3) is 0 Å². The lowest BCUT2D eigenvalue weighted by Crippen LogP contribution is -2.15. The normalized spacial score (nSPS) is 9.77. The SMILES string of the molecule is CCN(C)c1cccc(OC)c1O. The van der Waals surface area contributed by atoms with Crippen LogP contribution >= 0.6 is 0 Å². The van der Waals surface area contributed by atoms with Crippen LogP contribution in [-0.4, -0.2) is 25.8 Å². The maximum Gasteiger partial charge on any atom is 0.181 e. The predicted octanol–water partition coefficient (Wildman–Crippen LogP) is 1.86. The van der Waals surface area contributed by atoms with Crippen LogP contribution in [0.25, 0.3) is 0 Å². The first kappa shape index (κ1) is 9.71. The topological polar surface area (TPSA) is 32.7 Å². The third-order valence-corrected chi connectivity index (χ3v) is 2.08. The Bertz CT molecular complexity index is 286. The number of rotatable bonds is 3. The van der Waals surface area contributed by atoms with E-state index in [0.717, 1.165) is 12.2 Å². The summed E-state index contributed by atoms with van der Waals surface area (Å²) < 4.78 is 5.00. The zero-order chi connectivity index (χ0) is 9.84. The molecule has 13 heavy (non-hydrogen) atoms. The van der Waals surface area contributed by atoms with E-state index in [-0.39, 0.29) is 5.75 Å². The van der Waals surface area contributed by atoms with E-state index in [1.165, 1.54) is 0 Å². The van der Waals surface area contributed by atoms with Gasteiger partial charge in [0, 0.05) is 13.6 Å². The van der Waals surface area contributed by atoms with E-state index in [1.807, 2.05) is 31.0 Å². The minimum absolute atomic E-state index is 0.203. The molecule has 0 aromatic heterocycles. The van der Waals surface area contributed by atoms with Crippen LogP contribution in [0.1, 0.15) is 6.92 Å². The second kappa shape index (κ2) is 4.03. The van der Waals surface area contributed by atoms with Gasteiger partial charge in [-0.2, -0.15) is 0 Å². The molecule has 1 rings (SSSR count). The van der Waals surface area contributed by atoms with Crippen molar-refractivity contribution in [3.63, 3.8) is 0 Å². The minimum Gasteiger partial charge on any atom is -0.503 e. The Morgan fingerprint density at radius 3 is 2.69 bits per heavy atom. The van der Waals surface area contributed by atoms with Crippen molar-refractivity contribution in [3.05, 3.63) is 18.2 Å². The lowest BCUT2D eigenvalue weighted by molar-refractivity contribution is 0.374. The molecule has 1 aromatic carbocycles. The van der Waals surface area contributed by atoms with Gasteiger partial charge < -0.3 is 14.7 Å². The highest BCUT2D eigenvalue weighted by Crippen LogP contribution is 2.35. The van der Waals surface area contributed by atoms with Crippen LogP contribution in [0.5, 0.6) is 11.5 Å². The molecule has 0 aliphatic rings. The van der Waals surface area contributed by atoms with Crippen LogP contribution < -0.4 is 9.64 Å². The molecule has 0 spiro atoms. The van der Waals surface area contributed by atoms with Gasteiger partial charge in [0.2, 0.25) is 0 Å². The molecule has 0 saturated carbocycles. The summed E-state index contributed by atoms with van der Waals surface area (Å²) in [7, 11) is 3.47. The van der Waals surface area contributed by atoms with E-state index in [9.17, 15) is 5.11 Å². The molecular weight excluding hydrogens is 166 g/mol. The molecule has 1 N–H and O–H groups in total. The number of aromatic hydroxyl groups is 1. The van der Waals surface area contributed by atoms with Crippen molar-refractivity contribution in [2.75, 3.05) is 25.6 Å². The number of benzene rings is 1. The second-order valence-corrected chi connectivity index (χ2v) is 2.84. The highest BCUT2D eigenvalue weighted by atomic mass is 16.5. The number of hydrogen-bond donors (Lipinski definition) is 1. The molecule has 0 radical (unpaired) electrons. The largest absolute Gasteiger partial charge is 0.503 e. The number of phenolic OH excluding ortho intramolecular Hbond substituents is 1. The van der Waals surface area contributed by atoms with Gasteiger partial charge in [-0.25, -0.2) is 0 Å². The van der Waals surface area contributed by atoms with Crippen molar-refractivity contribution < 1.29 is 9.84 Å². The first-order chi connectivity index (χ1) is 6.20. The van der Waals surface area contributed by atoms with Gasteiger partial charge in [0.05, 0.1) is 12.8 Å². The summed E-state index contributed by atoms with van der Waals surface area (Å²) in [6, 6.07) is 5.46. The standard InChI is InChI=1S/C10H15NO2/c1-4-11(2)8-6-5-7-9(13-3)10(8)12/h5-7,12H,4H2,1-3H3. The van der Waals surface area contributed by atoms with Crippen molar-refractivity contribution in [1.82, 2.24) is 0 Å². The predicted molar refractivity (Wildman–Crippen MR) is 53.6 cm³/mol. The summed E-state index contributed by atoms with van der Waals surface area (Å²) in [5.74, 6) is 0.715. The van der Waals surface area contributed by atoms with Gasteiger partial charge in [-0.1, -0.05) is 6.07 Å². The van der Waals surface area contributed by atoms with Gasteiger partial charge in [-0.05, 0) is 19.1 Å². The molecule has 0 atom stereocenters. The van der Waals surface area contributed by atoms with E-state index in [0.29, 0.717) is 5.75 Å². The van der Waals surface area contributed by atoms with Crippen LogP contribution in [0.15, 0.2) is 18.2 Å². The monoisotopic (exact) mass is 181 g/mol. The Kier molecular flexibility index (Phi) is 3.01. The first-order valence-electron chi connectivity index (χ1n) is 4.27. The molecule has 0 fully saturated rings. The lowest BCUT2D eigenvalue weighted by atomic mass is 10.2.